The summed E-state index contributed by atoms with van der Waals surface area (Å²) in [5, 5.41) is 8.80. The fourth-order valence-corrected chi connectivity index (χ4v) is 3.56. The van der Waals surface area contributed by atoms with Crippen LogP contribution >= 0.6 is 0 Å². The third-order valence-corrected chi connectivity index (χ3v) is 4.78. The molecule has 1 aromatic carbocycles. The Labute approximate surface area is 119 Å². The lowest BCUT2D eigenvalue weighted by Crippen LogP contribution is -2.37. The minimum atomic E-state index is -3.46. The smallest absolute Gasteiger partial charge is 0.335 e. The summed E-state index contributed by atoms with van der Waals surface area (Å²) < 4.78 is 26.0. The molecular weight excluding hydrogens is 278 g/mol. The van der Waals surface area contributed by atoms with Crippen molar-refractivity contribution in [3.05, 3.63) is 48.0 Å². The van der Waals surface area contributed by atoms with Crippen LogP contribution in [-0.4, -0.2) is 36.4 Å². The fraction of sp³-hybridized carbons (Fsp3) is 0.357. The normalized spacial score (nSPS) is 11.8. The number of carbonyl (C=O) groups is 1. The molecule has 0 radical (unpaired) electrons. The lowest BCUT2D eigenvalue weighted by molar-refractivity contribution is 0.0697. The Hall–Kier alpha value is -1.66. The molecule has 0 aromatic heterocycles. The van der Waals surface area contributed by atoms with Crippen molar-refractivity contribution in [1.29, 1.82) is 0 Å². The summed E-state index contributed by atoms with van der Waals surface area (Å²) in [7, 11) is -3.46. The fourth-order valence-electron chi connectivity index (χ4n) is 1.81. The summed E-state index contributed by atoms with van der Waals surface area (Å²) >= 11 is 0. The zero-order valence-electron chi connectivity index (χ0n) is 11.6. The van der Waals surface area contributed by atoms with E-state index < -0.39 is 16.0 Å². The van der Waals surface area contributed by atoms with Crippen molar-refractivity contribution in [2.45, 2.75) is 25.6 Å². The van der Waals surface area contributed by atoms with Crippen LogP contribution in [0.25, 0.3) is 0 Å². The van der Waals surface area contributed by atoms with Crippen molar-refractivity contribution in [2.24, 2.45) is 0 Å². The number of aromatic carboxylic acids is 1. The zero-order chi connectivity index (χ0) is 15.3. The first kappa shape index (κ1) is 16.4. The lowest BCUT2D eigenvalue weighted by atomic mass is 10.1. The van der Waals surface area contributed by atoms with Gasteiger partial charge in [0.1, 0.15) is 0 Å². The van der Waals surface area contributed by atoms with Gasteiger partial charge in [-0.05, 0) is 31.5 Å². The Morgan fingerprint density at radius 3 is 2.30 bits per heavy atom. The number of hydrogen-bond donors (Lipinski definition) is 1. The molecule has 1 rings (SSSR count). The van der Waals surface area contributed by atoms with Crippen LogP contribution in [0.3, 0.4) is 0 Å². The number of nitrogens with zero attached hydrogens (tertiary/aromatic N) is 1. The molecule has 20 heavy (non-hydrogen) atoms. The van der Waals surface area contributed by atoms with Crippen LogP contribution in [-0.2, 0) is 15.8 Å². The number of carboxylic acids is 1. The highest BCUT2D eigenvalue weighted by Gasteiger charge is 2.24. The van der Waals surface area contributed by atoms with Gasteiger partial charge in [0.15, 0.2) is 0 Å². The summed E-state index contributed by atoms with van der Waals surface area (Å²) in [6, 6.07) is 5.69. The van der Waals surface area contributed by atoms with E-state index in [1.807, 2.05) is 0 Å². The zero-order valence-corrected chi connectivity index (χ0v) is 12.4. The molecule has 0 saturated heterocycles. The van der Waals surface area contributed by atoms with Gasteiger partial charge < -0.3 is 5.11 Å². The predicted molar refractivity (Wildman–Crippen MR) is 78.1 cm³/mol. The first-order valence-electron chi connectivity index (χ1n) is 6.20. The highest BCUT2D eigenvalue weighted by atomic mass is 32.2. The molecule has 0 saturated carbocycles. The predicted octanol–water partition coefficient (Wildman–Crippen LogP) is 2.11. The van der Waals surface area contributed by atoms with Gasteiger partial charge in [0, 0.05) is 12.6 Å². The Kier molecular flexibility index (Phi) is 5.47. The van der Waals surface area contributed by atoms with Gasteiger partial charge in [-0.3, -0.25) is 0 Å². The van der Waals surface area contributed by atoms with E-state index in [4.69, 9.17) is 5.11 Å². The average Bonchev–Trinajstić information content (AvgIpc) is 2.35. The summed E-state index contributed by atoms with van der Waals surface area (Å²) in [5.41, 5.74) is 0.697. The minimum Gasteiger partial charge on any atom is -0.478 e. The molecule has 0 heterocycles. The molecule has 6 heteroatoms. The second kappa shape index (κ2) is 6.67. The van der Waals surface area contributed by atoms with Crippen LogP contribution in [0.5, 0.6) is 0 Å². The molecule has 1 N–H and O–H groups in total. The number of benzene rings is 1. The second-order valence-corrected chi connectivity index (χ2v) is 6.63. The van der Waals surface area contributed by atoms with E-state index in [0.29, 0.717) is 5.56 Å². The van der Waals surface area contributed by atoms with E-state index in [0.717, 1.165) is 0 Å². The lowest BCUT2D eigenvalue weighted by Gasteiger charge is -2.24. The van der Waals surface area contributed by atoms with E-state index >= 15 is 0 Å². The average molecular weight is 297 g/mol. The summed E-state index contributed by atoms with van der Waals surface area (Å²) in [6.07, 6.45) is 1.55. The molecule has 0 fully saturated rings. The number of sulfonamides is 1. The minimum absolute atomic E-state index is 0.137. The summed E-state index contributed by atoms with van der Waals surface area (Å²) in [4.78, 5) is 10.7. The topological polar surface area (TPSA) is 74.7 Å². The quantitative estimate of drug-likeness (QED) is 0.782. The molecule has 0 unspecified atom stereocenters. The Balaban J connectivity index is 2.94. The standard InChI is InChI=1S/C14H19NO4S/c1-4-9-15(11(2)3)20(18,19)10-12-5-7-13(8-6-12)14(16)17/h4-8,11H,1,9-10H2,2-3H3,(H,16,17). The van der Waals surface area contributed by atoms with Gasteiger partial charge in [-0.2, -0.15) is 4.31 Å². The molecule has 0 aliphatic carbocycles. The second-order valence-electron chi connectivity index (χ2n) is 4.71. The van der Waals surface area contributed by atoms with E-state index in [2.05, 4.69) is 6.58 Å². The van der Waals surface area contributed by atoms with Gasteiger partial charge in [-0.1, -0.05) is 18.2 Å². The van der Waals surface area contributed by atoms with Crippen molar-refractivity contribution in [1.82, 2.24) is 4.31 Å². The molecule has 0 atom stereocenters. The van der Waals surface area contributed by atoms with Crippen LogP contribution in [0.1, 0.15) is 29.8 Å². The Bertz CT molecular complexity index is 576. The number of rotatable bonds is 7. The summed E-state index contributed by atoms with van der Waals surface area (Å²) in [5.74, 6) is -1.19. The van der Waals surface area contributed by atoms with Crippen LogP contribution in [0.2, 0.25) is 0 Å². The SMILES string of the molecule is C=CCN(C(C)C)S(=O)(=O)Cc1ccc(C(=O)O)cc1. The molecule has 110 valence electrons. The maximum absolute atomic E-state index is 12.3. The van der Waals surface area contributed by atoms with Gasteiger partial charge in [-0.15, -0.1) is 6.58 Å². The van der Waals surface area contributed by atoms with E-state index in [-0.39, 0.29) is 23.9 Å². The molecule has 0 amide bonds. The maximum Gasteiger partial charge on any atom is 0.335 e. The highest BCUT2D eigenvalue weighted by molar-refractivity contribution is 7.88. The van der Waals surface area contributed by atoms with Crippen molar-refractivity contribution in [3.63, 3.8) is 0 Å². The van der Waals surface area contributed by atoms with Crippen molar-refractivity contribution in [2.75, 3.05) is 6.54 Å². The van der Waals surface area contributed by atoms with E-state index in [9.17, 15) is 13.2 Å². The summed E-state index contributed by atoms with van der Waals surface area (Å²) in [6.45, 7) is 7.42. The molecule has 1 aromatic rings. The third-order valence-electron chi connectivity index (χ3n) is 2.79. The van der Waals surface area contributed by atoms with Gasteiger partial charge in [-0.25, -0.2) is 13.2 Å². The van der Waals surface area contributed by atoms with Crippen LogP contribution in [0, 0.1) is 0 Å². The Morgan fingerprint density at radius 1 is 1.35 bits per heavy atom. The largest absolute Gasteiger partial charge is 0.478 e. The molecule has 5 nitrogen and oxygen atoms in total. The van der Waals surface area contributed by atoms with Gasteiger partial charge >= 0.3 is 5.97 Å². The van der Waals surface area contributed by atoms with Gasteiger partial charge in [0.2, 0.25) is 10.0 Å². The molecule has 0 bridgehead atoms. The highest BCUT2D eigenvalue weighted by Crippen LogP contribution is 2.14. The van der Waals surface area contributed by atoms with Crippen LogP contribution < -0.4 is 0 Å². The van der Waals surface area contributed by atoms with E-state index in [1.54, 1.807) is 19.9 Å². The monoisotopic (exact) mass is 297 g/mol. The number of hydrogen-bond acceptors (Lipinski definition) is 3. The van der Waals surface area contributed by atoms with Crippen molar-refractivity contribution < 1.29 is 18.3 Å². The molecule has 0 aliphatic heterocycles. The number of carboxylic acid groups (broad SMARTS) is 1. The molecule has 0 aliphatic rings. The van der Waals surface area contributed by atoms with Crippen LogP contribution in [0.15, 0.2) is 36.9 Å². The van der Waals surface area contributed by atoms with Crippen molar-refractivity contribution >= 4 is 16.0 Å². The Morgan fingerprint density at radius 2 is 1.90 bits per heavy atom. The molecular formula is C14H19NO4S. The maximum atomic E-state index is 12.3. The van der Waals surface area contributed by atoms with Gasteiger partial charge in [0.05, 0.1) is 11.3 Å². The van der Waals surface area contributed by atoms with Crippen molar-refractivity contribution in [3.8, 4) is 0 Å². The van der Waals surface area contributed by atoms with E-state index in [1.165, 1.54) is 28.6 Å². The van der Waals surface area contributed by atoms with Gasteiger partial charge in [0.25, 0.3) is 0 Å². The first-order valence-corrected chi connectivity index (χ1v) is 7.81. The van der Waals surface area contributed by atoms with Crippen LogP contribution in [0.4, 0.5) is 0 Å². The first-order chi connectivity index (χ1) is 9.27. The third kappa shape index (κ3) is 4.18. The molecule has 0 spiro atoms.